The van der Waals surface area contributed by atoms with Gasteiger partial charge in [-0.05, 0) is 27.0 Å². The monoisotopic (exact) mass is 254 g/mol. The summed E-state index contributed by atoms with van der Waals surface area (Å²) in [6, 6.07) is 2.10. The number of nitrogens with one attached hydrogen (secondary N) is 1. The number of furan rings is 1. The predicted molar refractivity (Wildman–Crippen MR) is 73.3 cm³/mol. The van der Waals surface area contributed by atoms with Gasteiger partial charge in [-0.15, -0.1) is 0 Å². The van der Waals surface area contributed by atoms with Crippen molar-refractivity contribution in [3.8, 4) is 0 Å². The summed E-state index contributed by atoms with van der Waals surface area (Å²) in [7, 11) is 1.95. The molecule has 1 aromatic heterocycles. The highest BCUT2D eigenvalue weighted by Crippen LogP contribution is 2.30. The summed E-state index contributed by atoms with van der Waals surface area (Å²) in [5.74, 6) is 2.30. The predicted octanol–water partition coefficient (Wildman–Crippen LogP) is 2.33. The van der Waals surface area contributed by atoms with Gasteiger partial charge in [0, 0.05) is 35.7 Å². The van der Waals surface area contributed by atoms with Crippen molar-refractivity contribution in [1.82, 2.24) is 10.2 Å². The average Bonchev–Trinajstić information content (AvgIpc) is 2.65. The summed E-state index contributed by atoms with van der Waals surface area (Å²) in [6.07, 6.45) is 1.80. The van der Waals surface area contributed by atoms with Gasteiger partial charge in [0.25, 0.3) is 0 Å². The quantitative estimate of drug-likeness (QED) is 0.892. The molecule has 1 aliphatic rings. The minimum Gasteiger partial charge on any atom is -0.468 e. The minimum absolute atomic E-state index is 0.380. The average molecular weight is 254 g/mol. The van der Waals surface area contributed by atoms with Crippen LogP contribution in [0.3, 0.4) is 0 Å². The maximum absolute atomic E-state index is 5.50. The molecule has 1 N–H and O–H groups in total. The number of hydrogen-bond acceptors (Lipinski definition) is 4. The fraction of sp³-hybridized carbons (Fsp3) is 0.692. The molecule has 0 amide bonds. The second kappa shape index (κ2) is 5.46. The standard InChI is InChI=1S/C13H22N2OS/c1-13(2)10-15(5-7-17-13)9-11-4-6-16-12(11)8-14-3/h4,6,14H,5,7-10H2,1-3H3. The van der Waals surface area contributed by atoms with Gasteiger partial charge in [0.1, 0.15) is 5.76 Å². The lowest BCUT2D eigenvalue weighted by Crippen LogP contribution is -2.42. The van der Waals surface area contributed by atoms with Gasteiger partial charge in [-0.2, -0.15) is 11.8 Å². The number of hydrogen-bond donors (Lipinski definition) is 1. The first kappa shape index (κ1) is 13.0. The first-order valence-electron chi connectivity index (χ1n) is 6.17. The van der Waals surface area contributed by atoms with Crippen molar-refractivity contribution in [2.24, 2.45) is 0 Å². The van der Waals surface area contributed by atoms with Crippen LogP contribution in [-0.2, 0) is 13.1 Å². The molecular formula is C13H22N2OS. The largest absolute Gasteiger partial charge is 0.468 e. The molecule has 0 aliphatic carbocycles. The third-order valence-electron chi connectivity index (χ3n) is 3.07. The van der Waals surface area contributed by atoms with Crippen molar-refractivity contribution >= 4 is 11.8 Å². The van der Waals surface area contributed by atoms with E-state index in [1.54, 1.807) is 6.26 Å². The Hall–Kier alpha value is -0.450. The van der Waals surface area contributed by atoms with Crippen molar-refractivity contribution in [2.75, 3.05) is 25.9 Å². The first-order valence-corrected chi connectivity index (χ1v) is 7.15. The molecule has 17 heavy (non-hydrogen) atoms. The van der Waals surface area contributed by atoms with Gasteiger partial charge in [-0.1, -0.05) is 0 Å². The fourth-order valence-electron chi connectivity index (χ4n) is 2.31. The highest BCUT2D eigenvalue weighted by molar-refractivity contribution is 8.00. The Balaban J connectivity index is 1.98. The molecule has 1 fully saturated rings. The Kier molecular flexibility index (Phi) is 4.17. The molecule has 0 atom stereocenters. The van der Waals surface area contributed by atoms with Crippen molar-refractivity contribution in [3.63, 3.8) is 0 Å². The van der Waals surface area contributed by atoms with E-state index in [0.29, 0.717) is 4.75 Å². The normalized spacial score (nSPS) is 20.6. The van der Waals surface area contributed by atoms with Crippen LogP contribution >= 0.6 is 11.8 Å². The number of rotatable bonds is 4. The lowest BCUT2D eigenvalue weighted by molar-refractivity contribution is 0.250. The van der Waals surface area contributed by atoms with Crippen LogP contribution in [0.1, 0.15) is 25.2 Å². The molecular weight excluding hydrogens is 232 g/mol. The molecule has 1 aromatic rings. The third-order valence-corrected chi connectivity index (χ3v) is 4.37. The maximum atomic E-state index is 5.50. The van der Waals surface area contributed by atoms with E-state index in [1.807, 2.05) is 7.05 Å². The number of nitrogens with zero attached hydrogens (tertiary/aromatic N) is 1. The zero-order valence-electron chi connectivity index (χ0n) is 11.0. The summed E-state index contributed by atoms with van der Waals surface area (Å²) in [6.45, 7) is 8.81. The second-order valence-corrected chi connectivity index (χ2v) is 7.02. The fourth-order valence-corrected chi connectivity index (χ4v) is 3.49. The molecule has 2 heterocycles. The van der Waals surface area contributed by atoms with Crippen LogP contribution in [0.4, 0.5) is 0 Å². The van der Waals surface area contributed by atoms with Gasteiger partial charge in [0.15, 0.2) is 0 Å². The van der Waals surface area contributed by atoms with Crippen LogP contribution in [0, 0.1) is 0 Å². The van der Waals surface area contributed by atoms with Gasteiger partial charge in [-0.25, -0.2) is 0 Å². The highest BCUT2D eigenvalue weighted by Gasteiger charge is 2.27. The van der Waals surface area contributed by atoms with E-state index in [0.717, 1.165) is 25.4 Å². The number of thioether (sulfide) groups is 1. The molecule has 3 nitrogen and oxygen atoms in total. The van der Waals surface area contributed by atoms with E-state index >= 15 is 0 Å². The van der Waals surface area contributed by atoms with Crippen molar-refractivity contribution in [3.05, 3.63) is 23.7 Å². The molecule has 2 rings (SSSR count). The summed E-state index contributed by atoms with van der Waals surface area (Å²) in [4.78, 5) is 2.53. The zero-order valence-corrected chi connectivity index (χ0v) is 11.8. The van der Waals surface area contributed by atoms with Crippen LogP contribution in [0.2, 0.25) is 0 Å². The van der Waals surface area contributed by atoms with E-state index < -0.39 is 0 Å². The second-order valence-electron chi connectivity index (χ2n) is 5.22. The van der Waals surface area contributed by atoms with E-state index in [9.17, 15) is 0 Å². The molecule has 0 aromatic carbocycles. The molecule has 0 radical (unpaired) electrons. The lowest BCUT2D eigenvalue weighted by Gasteiger charge is -2.37. The summed E-state index contributed by atoms with van der Waals surface area (Å²) < 4.78 is 5.88. The van der Waals surface area contributed by atoms with Gasteiger partial charge in [0.05, 0.1) is 12.8 Å². The first-order chi connectivity index (χ1) is 8.11. The van der Waals surface area contributed by atoms with Crippen molar-refractivity contribution in [2.45, 2.75) is 31.7 Å². The Morgan fingerprint density at radius 3 is 3.06 bits per heavy atom. The van der Waals surface area contributed by atoms with Gasteiger partial charge >= 0.3 is 0 Å². The third kappa shape index (κ3) is 3.50. The molecule has 96 valence electrons. The topological polar surface area (TPSA) is 28.4 Å². The van der Waals surface area contributed by atoms with Crippen LogP contribution in [0.15, 0.2) is 16.7 Å². The summed E-state index contributed by atoms with van der Waals surface area (Å²) in [5, 5.41) is 3.15. The van der Waals surface area contributed by atoms with Crippen LogP contribution in [0.5, 0.6) is 0 Å². The molecule has 1 saturated heterocycles. The lowest BCUT2D eigenvalue weighted by atomic mass is 10.1. The van der Waals surface area contributed by atoms with Gasteiger partial charge in [0.2, 0.25) is 0 Å². The molecule has 0 unspecified atom stereocenters. The van der Waals surface area contributed by atoms with Crippen molar-refractivity contribution < 1.29 is 4.42 Å². The summed E-state index contributed by atoms with van der Waals surface area (Å²) >= 11 is 2.07. The molecule has 0 saturated carbocycles. The van der Waals surface area contributed by atoms with Crippen LogP contribution in [-0.4, -0.2) is 35.5 Å². The van der Waals surface area contributed by atoms with E-state index in [2.05, 4.69) is 41.9 Å². The maximum Gasteiger partial charge on any atom is 0.122 e. The Morgan fingerprint density at radius 2 is 2.35 bits per heavy atom. The zero-order chi connectivity index (χ0) is 12.3. The smallest absolute Gasteiger partial charge is 0.122 e. The molecule has 1 aliphatic heterocycles. The Bertz CT molecular complexity index is 362. The van der Waals surface area contributed by atoms with Crippen LogP contribution < -0.4 is 5.32 Å². The van der Waals surface area contributed by atoms with Gasteiger partial charge in [-0.3, -0.25) is 4.90 Å². The van der Waals surface area contributed by atoms with Crippen molar-refractivity contribution in [1.29, 1.82) is 0 Å². The molecule has 0 spiro atoms. The minimum atomic E-state index is 0.380. The highest BCUT2D eigenvalue weighted by atomic mass is 32.2. The summed E-state index contributed by atoms with van der Waals surface area (Å²) in [5.41, 5.74) is 1.32. The molecule has 0 bridgehead atoms. The molecule has 4 heteroatoms. The Labute approximate surface area is 108 Å². The van der Waals surface area contributed by atoms with E-state index in [-0.39, 0.29) is 0 Å². The Morgan fingerprint density at radius 1 is 1.53 bits per heavy atom. The van der Waals surface area contributed by atoms with Gasteiger partial charge < -0.3 is 9.73 Å². The van der Waals surface area contributed by atoms with Crippen LogP contribution in [0.25, 0.3) is 0 Å². The van der Waals surface area contributed by atoms with E-state index in [1.165, 1.54) is 17.9 Å². The SMILES string of the molecule is CNCc1occc1CN1CCSC(C)(C)C1. The van der Waals surface area contributed by atoms with E-state index in [4.69, 9.17) is 4.42 Å².